The highest BCUT2D eigenvalue weighted by Crippen LogP contribution is 2.34. The zero-order valence-electron chi connectivity index (χ0n) is 15.0. The fourth-order valence-corrected chi connectivity index (χ4v) is 2.89. The van der Waals surface area contributed by atoms with Gasteiger partial charge >= 0.3 is 0 Å². The Morgan fingerprint density at radius 2 is 1.59 bits per heavy atom. The number of hydrogen-bond donors (Lipinski definition) is 3. The molecule has 0 spiro atoms. The van der Waals surface area contributed by atoms with Crippen LogP contribution in [0.25, 0.3) is 0 Å². The lowest BCUT2D eigenvalue weighted by Gasteiger charge is -2.18. The first kappa shape index (κ1) is 18.5. The summed E-state index contributed by atoms with van der Waals surface area (Å²) in [6, 6.07) is 9.41. The number of benzene rings is 2. The van der Waals surface area contributed by atoms with E-state index in [1.807, 2.05) is 0 Å². The Balaban J connectivity index is 1.74. The van der Waals surface area contributed by atoms with Crippen molar-refractivity contribution < 1.29 is 24.5 Å². The molecule has 140 valence electrons. The SMILES string of the molecule is CCCCCOc1ccc(NC2=CC(=O)c3c(O)ccc(O)c3C2=O)cc1. The summed E-state index contributed by atoms with van der Waals surface area (Å²) in [4.78, 5) is 24.9. The normalized spacial score (nSPS) is 13.1. The number of nitrogens with one attached hydrogen (secondary N) is 1. The summed E-state index contributed by atoms with van der Waals surface area (Å²) < 4.78 is 5.64. The maximum absolute atomic E-state index is 12.6. The molecule has 0 amide bonds. The standard InChI is InChI=1S/C21H21NO5/c1-2-3-4-11-27-14-7-5-13(6-8-14)22-15-12-18(25)19-16(23)9-10-17(24)20(19)21(15)26/h5-10,12,22-24H,2-4,11H2,1H3. The van der Waals surface area contributed by atoms with Crippen molar-refractivity contribution in [2.45, 2.75) is 26.2 Å². The molecule has 0 unspecified atom stereocenters. The highest BCUT2D eigenvalue weighted by molar-refractivity contribution is 6.27. The number of ketones is 2. The summed E-state index contributed by atoms with van der Waals surface area (Å²) in [5.41, 5.74) is 0.263. The number of hydrogen-bond acceptors (Lipinski definition) is 6. The van der Waals surface area contributed by atoms with Crippen LogP contribution in [-0.2, 0) is 0 Å². The Labute approximate surface area is 157 Å². The van der Waals surface area contributed by atoms with Crippen LogP contribution in [0.2, 0.25) is 0 Å². The first-order valence-electron chi connectivity index (χ1n) is 8.86. The molecule has 0 aromatic heterocycles. The van der Waals surface area contributed by atoms with Gasteiger partial charge in [-0.2, -0.15) is 0 Å². The molecule has 2 aromatic rings. The third-order valence-electron chi connectivity index (χ3n) is 4.30. The second-order valence-electron chi connectivity index (χ2n) is 6.31. The fraction of sp³-hybridized carbons (Fsp3) is 0.238. The van der Waals surface area contributed by atoms with Crippen molar-refractivity contribution in [3.05, 3.63) is 59.3 Å². The van der Waals surface area contributed by atoms with Gasteiger partial charge in [0.25, 0.3) is 0 Å². The van der Waals surface area contributed by atoms with Gasteiger partial charge in [-0.1, -0.05) is 19.8 Å². The largest absolute Gasteiger partial charge is 0.507 e. The van der Waals surface area contributed by atoms with Crippen molar-refractivity contribution in [3.8, 4) is 17.2 Å². The van der Waals surface area contributed by atoms with Gasteiger partial charge in [0.2, 0.25) is 5.78 Å². The molecule has 1 aliphatic rings. The van der Waals surface area contributed by atoms with Gasteiger partial charge in [0.15, 0.2) is 5.78 Å². The number of ether oxygens (including phenoxy) is 1. The molecule has 0 saturated heterocycles. The molecule has 0 aliphatic heterocycles. The molecular formula is C21H21NO5. The number of carbonyl (C=O) groups excluding carboxylic acids is 2. The number of phenolic OH excluding ortho intramolecular Hbond substituents is 2. The van der Waals surface area contributed by atoms with E-state index in [1.165, 1.54) is 12.1 Å². The minimum Gasteiger partial charge on any atom is -0.507 e. The number of anilines is 1. The molecule has 0 saturated carbocycles. The van der Waals surface area contributed by atoms with E-state index in [1.54, 1.807) is 24.3 Å². The molecule has 0 heterocycles. The summed E-state index contributed by atoms with van der Waals surface area (Å²) >= 11 is 0. The molecule has 3 N–H and O–H groups in total. The minimum atomic E-state index is -0.558. The quantitative estimate of drug-likeness (QED) is 0.505. The number of phenols is 2. The highest BCUT2D eigenvalue weighted by Gasteiger charge is 2.31. The van der Waals surface area contributed by atoms with Gasteiger partial charge in [-0.25, -0.2) is 0 Å². The van der Waals surface area contributed by atoms with E-state index in [4.69, 9.17) is 4.74 Å². The van der Waals surface area contributed by atoms with E-state index in [9.17, 15) is 19.8 Å². The van der Waals surface area contributed by atoms with Crippen molar-refractivity contribution in [1.82, 2.24) is 0 Å². The monoisotopic (exact) mass is 367 g/mol. The summed E-state index contributed by atoms with van der Waals surface area (Å²) in [5, 5.41) is 22.7. The number of rotatable bonds is 7. The van der Waals surface area contributed by atoms with Crippen LogP contribution in [0.4, 0.5) is 5.69 Å². The topological polar surface area (TPSA) is 95.9 Å². The van der Waals surface area contributed by atoms with Gasteiger partial charge in [0.1, 0.15) is 17.2 Å². The van der Waals surface area contributed by atoms with Gasteiger partial charge in [0.05, 0.1) is 23.4 Å². The third kappa shape index (κ3) is 3.95. The molecular weight excluding hydrogens is 346 g/mol. The number of Topliss-reactive ketones (excluding diaryl/α,β-unsaturated/α-hetero) is 1. The minimum absolute atomic E-state index is 0.0324. The average Bonchev–Trinajstić information content (AvgIpc) is 2.66. The molecule has 2 aromatic carbocycles. The summed E-state index contributed by atoms with van der Waals surface area (Å²) in [7, 11) is 0. The maximum Gasteiger partial charge on any atom is 0.213 e. The number of unbranched alkanes of at least 4 members (excludes halogenated alkanes) is 2. The van der Waals surface area contributed by atoms with Crippen molar-refractivity contribution in [2.24, 2.45) is 0 Å². The predicted molar refractivity (Wildman–Crippen MR) is 102 cm³/mol. The van der Waals surface area contributed by atoms with Crippen LogP contribution in [0.5, 0.6) is 17.2 Å². The van der Waals surface area contributed by atoms with Crippen LogP contribution in [-0.4, -0.2) is 28.4 Å². The fourth-order valence-electron chi connectivity index (χ4n) is 2.89. The van der Waals surface area contributed by atoms with E-state index in [-0.39, 0.29) is 28.3 Å². The smallest absolute Gasteiger partial charge is 0.213 e. The summed E-state index contributed by atoms with van der Waals surface area (Å²) in [6.45, 7) is 2.78. The zero-order valence-corrected chi connectivity index (χ0v) is 15.0. The van der Waals surface area contributed by atoms with E-state index >= 15 is 0 Å². The lowest BCUT2D eigenvalue weighted by molar-refractivity contribution is 0.0980. The number of aromatic hydroxyl groups is 2. The Hall–Kier alpha value is -3.28. The van der Waals surface area contributed by atoms with Gasteiger partial charge in [-0.15, -0.1) is 0 Å². The zero-order chi connectivity index (χ0) is 19.4. The Kier molecular flexibility index (Phi) is 5.45. The molecule has 1 aliphatic carbocycles. The highest BCUT2D eigenvalue weighted by atomic mass is 16.5. The first-order chi connectivity index (χ1) is 13.0. The van der Waals surface area contributed by atoms with Gasteiger partial charge in [0, 0.05) is 11.8 Å². The summed E-state index contributed by atoms with van der Waals surface area (Å²) in [5.74, 6) is -1.05. The van der Waals surface area contributed by atoms with Gasteiger partial charge in [-0.3, -0.25) is 9.59 Å². The Morgan fingerprint density at radius 3 is 2.26 bits per heavy atom. The predicted octanol–water partition coefficient (Wildman–Crippen LogP) is 4.04. The van der Waals surface area contributed by atoms with Crippen LogP contribution < -0.4 is 10.1 Å². The van der Waals surface area contributed by atoms with Crippen LogP contribution in [0.15, 0.2) is 48.2 Å². The van der Waals surface area contributed by atoms with E-state index < -0.39 is 11.6 Å². The van der Waals surface area contributed by atoms with Crippen LogP contribution >= 0.6 is 0 Å². The van der Waals surface area contributed by atoms with Crippen molar-refractivity contribution in [1.29, 1.82) is 0 Å². The lowest BCUT2D eigenvalue weighted by Crippen LogP contribution is -2.21. The van der Waals surface area contributed by atoms with Crippen molar-refractivity contribution in [3.63, 3.8) is 0 Å². The second kappa shape index (κ2) is 7.95. The van der Waals surface area contributed by atoms with E-state index in [2.05, 4.69) is 12.2 Å². The second-order valence-corrected chi connectivity index (χ2v) is 6.31. The van der Waals surface area contributed by atoms with Crippen LogP contribution in [0.1, 0.15) is 46.9 Å². The molecule has 0 bridgehead atoms. The third-order valence-corrected chi connectivity index (χ3v) is 4.30. The van der Waals surface area contributed by atoms with E-state index in [0.29, 0.717) is 12.3 Å². The summed E-state index contributed by atoms with van der Waals surface area (Å²) in [6.07, 6.45) is 4.37. The van der Waals surface area contributed by atoms with Gasteiger partial charge in [-0.05, 0) is 42.8 Å². The van der Waals surface area contributed by atoms with Crippen LogP contribution in [0.3, 0.4) is 0 Å². The lowest BCUT2D eigenvalue weighted by atomic mass is 9.91. The molecule has 6 nitrogen and oxygen atoms in total. The maximum atomic E-state index is 12.6. The average molecular weight is 367 g/mol. The van der Waals surface area contributed by atoms with Crippen molar-refractivity contribution >= 4 is 17.3 Å². The molecule has 0 atom stereocenters. The van der Waals surface area contributed by atoms with Crippen LogP contribution in [0, 0.1) is 0 Å². The van der Waals surface area contributed by atoms with Gasteiger partial charge < -0.3 is 20.3 Å². The molecule has 3 rings (SSSR count). The molecule has 0 fully saturated rings. The molecule has 6 heteroatoms. The van der Waals surface area contributed by atoms with Crippen molar-refractivity contribution in [2.75, 3.05) is 11.9 Å². The van der Waals surface area contributed by atoms with E-state index in [0.717, 1.165) is 31.1 Å². The molecule has 27 heavy (non-hydrogen) atoms. The Morgan fingerprint density at radius 1 is 0.926 bits per heavy atom. The number of carbonyl (C=O) groups is 2. The molecule has 0 radical (unpaired) electrons. The Bertz CT molecular complexity index is 900. The number of allylic oxidation sites excluding steroid dienone is 2. The number of fused-ring (bicyclic) bond motifs is 1. The first-order valence-corrected chi connectivity index (χ1v) is 8.86.